The number of carbonyl (C=O) groups is 1. The van der Waals surface area contributed by atoms with Gasteiger partial charge in [0.05, 0.1) is 43.5 Å². The van der Waals surface area contributed by atoms with E-state index in [-0.39, 0.29) is 11.9 Å². The van der Waals surface area contributed by atoms with Crippen LogP contribution in [-0.4, -0.2) is 81.7 Å². The highest BCUT2D eigenvalue weighted by atomic mass is 19.1. The van der Waals surface area contributed by atoms with E-state index in [9.17, 15) is 9.18 Å². The van der Waals surface area contributed by atoms with Crippen LogP contribution in [0.3, 0.4) is 0 Å². The van der Waals surface area contributed by atoms with Crippen molar-refractivity contribution >= 4 is 11.4 Å². The molecular weight excluding hydrogens is 607 g/mol. The minimum atomic E-state index is -0.418. The van der Waals surface area contributed by atoms with Crippen LogP contribution >= 0.6 is 0 Å². The molecule has 4 heterocycles. The number of halogens is 1. The van der Waals surface area contributed by atoms with E-state index in [0.717, 1.165) is 66.8 Å². The number of fused-ring (bicyclic) bond motifs is 1. The largest absolute Gasteiger partial charge is 0.491 e. The Balaban J connectivity index is 1.14. The SMILES string of the molecule is CCN(C(=O)c1cc(F)ccc1-c1cc(C2CCN(CCc3ccc(-c4cc(OC)c(OC)nn4)cc3)CC2)cn2cncc12)C(C)C. The van der Waals surface area contributed by atoms with Crippen LogP contribution in [0.2, 0.25) is 0 Å². The lowest BCUT2D eigenvalue weighted by Gasteiger charge is -2.32. The molecule has 2 aromatic carbocycles. The number of imidazole rings is 1. The lowest BCUT2D eigenvalue weighted by atomic mass is 9.88. The standard InChI is InChI=1S/C38H43FN6O3/c1-6-45(25(2)3)38(46)33-20-30(39)11-12-31(33)32-19-29(23-44-24-40-22-35(32)44)27-14-17-43(18-15-27)16-13-26-7-9-28(10-8-26)34-21-36(47-4)37(48-5)42-41-34/h7-12,19-25,27H,6,13-18H2,1-5H3. The Labute approximate surface area is 281 Å². The van der Waals surface area contributed by atoms with Gasteiger partial charge < -0.3 is 23.7 Å². The third-order valence-corrected chi connectivity index (χ3v) is 9.43. The molecule has 250 valence electrons. The molecule has 0 unspecified atom stereocenters. The molecule has 9 nitrogen and oxygen atoms in total. The monoisotopic (exact) mass is 650 g/mol. The molecule has 0 radical (unpaired) electrons. The summed E-state index contributed by atoms with van der Waals surface area (Å²) in [6.45, 7) is 9.45. The van der Waals surface area contributed by atoms with Crippen molar-refractivity contribution in [2.45, 2.75) is 52.0 Å². The average molecular weight is 651 g/mol. The topological polar surface area (TPSA) is 85.1 Å². The zero-order chi connectivity index (χ0) is 33.8. The second-order valence-electron chi connectivity index (χ2n) is 12.6. The minimum Gasteiger partial charge on any atom is -0.491 e. The first-order chi connectivity index (χ1) is 23.3. The summed E-state index contributed by atoms with van der Waals surface area (Å²) in [4.78, 5) is 22.4. The van der Waals surface area contributed by atoms with Crippen molar-refractivity contribution in [3.05, 3.63) is 95.8 Å². The van der Waals surface area contributed by atoms with Gasteiger partial charge in [-0.2, -0.15) is 0 Å². The molecule has 1 aliphatic heterocycles. The van der Waals surface area contributed by atoms with Crippen LogP contribution in [-0.2, 0) is 6.42 Å². The fraction of sp³-hybridized carbons (Fsp3) is 0.368. The van der Waals surface area contributed by atoms with E-state index in [1.54, 1.807) is 31.5 Å². The van der Waals surface area contributed by atoms with Gasteiger partial charge in [0.1, 0.15) is 5.82 Å². The highest BCUT2D eigenvalue weighted by Gasteiger charge is 2.25. The van der Waals surface area contributed by atoms with Gasteiger partial charge in [0.15, 0.2) is 5.75 Å². The second kappa shape index (κ2) is 14.5. The summed E-state index contributed by atoms with van der Waals surface area (Å²) < 4.78 is 27.2. The van der Waals surface area contributed by atoms with Crippen LogP contribution < -0.4 is 9.47 Å². The van der Waals surface area contributed by atoms with Crippen LogP contribution in [0, 0.1) is 5.82 Å². The van der Waals surface area contributed by atoms with Crippen molar-refractivity contribution in [1.82, 2.24) is 29.4 Å². The van der Waals surface area contributed by atoms with E-state index < -0.39 is 5.82 Å². The van der Waals surface area contributed by atoms with Gasteiger partial charge in [0, 0.05) is 42.5 Å². The maximum atomic E-state index is 14.6. The van der Waals surface area contributed by atoms with Crippen LogP contribution in [0.1, 0.15) is 61.0 Å². The molecule has 3 aromatic heterocycles. The third-order valence-electron chi connectivity index (χ3n) is 9.43. The van der Waals surface area contributed by atoms with E-state index >= 15 is 0 Å². The molecular formula is C38H43FN6O3. The quantitative estimate of drug-likeness (QED) is 0.154. The van der Waals surface area contributed by atoms with Crippen molar-refractivity contribution in [3.8, 4) is 34.0 Å². The summed E-state index contributed by atoms with van der Waals surface area (Å²) in [7, 11) is 3.13. The summed E-state index contributed by atoms with van der Waals surface area (Å²) in [5, 5.41) is 8.39. The van der Waals surface area contributed by atoms with Crippen LogP contribution in [0.4, 0.5) is 4.39 Å². The Morgan fingerprint density at radius 1 is 1.00 bits per heavy atom. The summed E-state index contributed by atoms with van der Waals surface area (Å²) in [5.74, 6) is 0.705. The highest BCUT2D eigenvalue weighted by Crippen LogP contribution is 2.36. The summed E-state index contributed by atoms with van der Waals surface area (Å²) >= 11 is 0. The number of carbonyl (C=O) groups excluding carboxylic acids is 1. The number of methoxy groups -OCH3 is 2. The Morgan fingerprint density at radius 2 is 1.77 bits per heavy atom. The average Bonchev–Trinajstić information content (AvgIpc) is 3.60. The zero-order valence-electron chi connectivity index (χ0n) is 28.3. The van der Waals surface area contributed by atoms with E-state index in [4.69, 9.17) is 9.47 Å². The molecule has 5 aromatic rings. The number of ether oxygens (including phenoxy) is 2. The van der Waals surface area contributed by atoms with Gasteiger partial charge in [0.2, 0.25) is 0 Å². The fourth-order valence-corrected chi connectivity index (χ4v) is 6.73. The van der Waals surface area contributed by atoms with Gasteiger partial charge in [-0.1, -0.05) is 30.3 Å². The number of hydrogen-bond acceptors (Lipinski definition) is 7. The molecule has 0 atom stereocenters. The van der Waals surface area contributed by atoms with Gasteiger partial charge in [-0.05, 0) is 93.9 Å². The number of amides is 1. The van der Waals surface area contributed by atoms with Crippen molar-refractivity contribution in [2.75, 3.05) is 40.4 Å². The van der Waals surface area contributed by atoms with Gasteiger partial charge in [-0.3, -0.25) is 4.79 Å². The first kappa shape index (κ1) is 33.1. The number of hydrogen-bond donors (Lipinski definition) is 0. The Morgan fingerprint density at radius 3 is 2.46 bits per heavy atom. The molecule has 48 heavy (non-hydrogen) atoms. The van der Waals surface area contributed by atoms with E-state index in [1.165, 1.54) is 23.3 Å². The van der Waals surface area contributed by atoms with Gasteiger partial charge in [0.25, 0.3) is 11.8 Å². The van der Waals surface area contributed by atoms with Gasteiger partial charge in [-0.25, -0.2) is 9.37 Å². The predicted octanol–water partition coefficient (Wildman–Crippen LogP) is 6.91. The minimum absolute atomic E-state index is 0.00307. The Hall–Kier alpha value is -4.83. The molecule has 0 bridgehead atoms. The highest BCUT2D eigenvalue weighted by molar-refractivity contribution is 6.03. The molecule has 1 amide bonds. The maximum Gasteiger partial charge on any atom is 0.276 e. The number of aromatic nitrogens is 4. The second-order valence-corrected chi connectivity index (χ2v) is 12.6. The lowest BCUT2D eigenvalue weighted by Crippen LogP contribution is -2.37. The van der Waals surface area contributed by atoms with E-state index in [0.29, 0.717) is 29.7 Å². The van der Waals surface area contributed by atoms with Crippen molar-refractivity contribution in [3.63, 3.8) is 0 Å². The molecule has 1 saturated heterocycles. The Bertz CT molecular complexity index is 1880. The first-order valence-corrected chi connectivity index (χ1v) is 16.6. The molecule has 0 saturated carbocycles. The van der Waals surface area contributed by atoms with Crippen molar-refractivity contribution in [2.24, 2.45) is 0 Å². The summed E-state index contributed by atoms with van der Waals surface area (Å²) in [6, 6.07) is 17.0. The van der Waals surface area contributed by atoms with E-state index in [2.05, 4.69) is 56.6 Å². The maximum absolute atomic E-state index is 14.6. The van der Waals surface area contributed by atoms with Gasteiger partial charge >= 0.3 is 0 Å². The number of piperidine rings is 1. The number of nitrogens with zero attached hydrogens (tertiary/aromatic N) is 6. The predicted molar refractivity (Wildman–Crippen MR) is 185 cm³/mol. The number of rotatable bonds is 11. The third kappa shape index (κ3) is 6.89. The molecule has 1 aliphatic rings. The zero-order valence-corrected chi connectivity index (χ0v) is 28.3. The van der Waals surface area contributed by atoms with Crippen molar-refractivity contribution in [1.29, 1.82) is 0 Å². The molecule has 0 spiro atoms. The molecule has 10 heteroatoms. The smallest absolute Gasteiger partial charge is 0.276 e. The Kier molecular flexibility index (Phi) is 10.0. The normalized spacial score (nSPS) is 14.1. The summed E-state index contributed by atoms with van der Waals surface area (Å²) in [6.07, 6.45) is 8.80. The fourth-order valence-electron chi connectivity index (χ4n) is 6.73. The first-order valence-electron chi connectivity index (χ1n) is 16.6. The molecule has 0 aliphatic carbocycles. The molecule has 1 fully saturated rings. The number of likely N-dealkylation sites (tertiary alicyclic amines) is 1. The lowest BCUT2D eigenvalue weighted by molar-refractivity contribution is 0.0717. The van der Waals surface area contributed by atoms with Crippen molar-refractivity contribution < 1.29 is 18.7 Å². The number of pyridine rings is 1. The van der Waals surface area contributed by atoms with Crippen LogP contribution in [0.15, 0.2) is 73.3 Å². The van der Waals surface area contributed by atoms with E-state index in [1.807, 2.05) is 37.4 Å². The number of benzene rings is 2. The summed E-state index contributed by atoms with van der Waals surface area (Å²) in [5.41, 5.74) is 7.10. The molecule has 0 N–H and O–H groups in total. The van der Waals surface area contributed by atoms with Crippen LogP contribution in [0.25, 0.3) is 27.9 Å². The molecule has 6 rings (SSSR count). The van der Waals surface area contributed by atoms with Crippen LogP contribution in [0.5, 0.6) is 11.6 Å². The van der Waals surface area contributed by atoms with Gasteiger partial charge in [-0.15, -0.1) is 10.2 Å².